The fourth-order valence-corrected chi connectivity index (χ4v) is 1.49. The molecular formula is C12H14N4. The summed E-state index contributed by atoms with van der Waals surface area (Å²) in [6.45, 7) is 3.88. The van der Waals surface area contributed by atoms with Gasteiger partial charge in [-0.05, 0) is 13.8 Å². The Balaban J connectivity index is 2.51. The van der Waals surface area contributed by atoms with Gasteiger partial charge in [0.25, 0.3) is 0 Å². The van der Waals surface area contributed by atoms with Crippen molar-refractivity contribution >= 4 is 5.82 Å². The lowest BCUT2D eigenvalue weighted by molar-refractivity contribution is 0.916. The van der Waals surface area contributed by atoms with E-state index in [1.165, 1.54) is 5.56 Å². The molecule has 16 heavy (non-hydrogen) atoms. The van der Waals surface area contributed by atoms with E-state index >= 15 is 0 Å². The predicted octanol–water partition coefficient (Wildman–Crippen LogP) is 2.20. The van der Waals surface area contributed by atoms with Gasteiger partial charge in [-0.15, -0.1) is 10.2 Å². The molecule has 0 saturated heterocycles. The topological polar surface area (TPSA) is 50.7 Å². The molecule has 2 rings (SSSR count). The summed E-state index contributed by atoms with van der Waals surface area (Å²) in [4.78, 5) is 4.31. The first-order chi connectivity index (χ1) is 7.70. The van der Waals surface area contributed by atoms with Gasteiger partial charge in [-0.25, -0.2) is 4.98 Å². The lowest BCUT2D eigenvalue weighted by Crippen LogP contribution is -2.02. The van der Waals surface area contributed by atoms with Crippen LogP contribution in [0.4, 0.5) is 5.82 Å². The van der Waals surface area contributed by atoms with Gasteiger partial charge in [0.05, 0.1) is 0 Å². The molecule has 0 fully saturated rings. The van der Waals surface area contributed by atoms with Crippen molar-refractivity contribution in [3.8, 4) is 11.3 Å². The number of benzene rings is 1. The standard InChI is InChI=1S/C12H14N4/c1-8-4-6-10(7-5-8)11-12(13-3)14-9(2)15-16-11/h4-7H,1-3H3,(H,13,14,15). The van der Waals surface area contributed by atoms with Crippen LogP contribution in [0.15, 0.2) is 24.3 Å². The number of nitrogens with zero attached hydrogens (tertiary/aromatic N) is 3. The van der Waals surface area contributed by atoms with Crippen LogP contribution in [0.2, 0.25) is 0 Å². The van der Waals surface area contributed by atoms with Gasteiger partial charge >= 0.3 is 0 Å². The van der Waals surface area contributed by atoms with Gasteiger partial charge in [0, 0.05) is 12.6 Å². The predicted molar refractivity (Wildman–Crippen MR) is 64.3 cm³/mol. The minimum absolute atomic E-state index is 0.667. The highest BCUT2D eigenvalue weighted by Crippen LogP contribution is 2.23. The van der Waals surface area contributed by atoms with Gasteiger partial charge < -0.3 is 5.32 Å². The van der Waals surface area contributed by atoms with E-state index in [1.807, 2.05) is 26.1 Å². The molecule has 1 heterocycles. The van der Waals surface area contributed by atoms with Gasteiger partial charge in [-0.2, -0.15) is 0 Å². The lowest BCUT2D eigenvalue weighted by atomic mass is 10.1. The molecule has 0 amide bonds. The Labute approximate surface area is 94.8 Å². The Kier molecular flexibility index (Phi) is 2.81. The lowest BCUT2D eigenvalue weighted by Gasteiger charge is -2.07. The van der Waals surface area contributed by atoms with E-state index in [2.05, 4.69) is 39.6 Å². The summed E-state index contributed by atoms with van der Waals surface area (Å²) in [6, 6.07) is 8.15. The third kappa shape index (κ3) is 2.00. The highest BCUT2D eigenvalue weighted by molar-refractivity contribution is 5.70. The number of nitrogens with one attached hydrogen (secondary N) is 1. The molecule has 4 heteroatoms. The average molecular weight is 214 g/mol. The van der Waals surface area contributed by atoms with E-state index in [9.17, 15) is 0 Å². The maximum absolute atomic E-state index is 4.31. The fourth-order valence-electron chi connectivity index (χ4n) is 1.49. The summed E-state index contributed by atoms with van der Waals surface area (Å²) >= 11 is 0. The monoisotopic (exact) mass is 214 g/mol. The van der Waals surface area contributed by atoms with Crippen LogP contribution in [-0.4, -0.2) is 22.2 Å². The van der Waals surface area contributed by atoms with Crippen molar-refractivity contribution in [1.29, 1.82) is 0 Å². The number of hydrogen-bond acceptors (Lipinski definition) is 4. The van der Waals surface area contributed by atoms with Crippen molar-refractivity contribution in [2.24, 2.45) is 0 Å². The summed E-state index contributed by atoms with van der Waals surface area (Å²) in [7, 11) is 1.83. The zero-order valence-electron chi connectivity index (χ0n) is 9.65. The molecule has 0 bridgehead atoms. The second-order valence-corrected chi connectivity index (χ2v) is 3.67. The Hall–Kier alpha value is -1.97. The molecule has 0 aliphatic heterocycles. The zero-order chi connectivity index (χ0) is 11.5. The molecular weight excluding hydrogens is 200 g/mol. The number of hydrogen-bond donors (Lipinski definition) is 1. The zero-order valence-corrected chi connectivity index (χ0v) is 9.65. The molecule has 0 aliphatic carbocycles. The van der Waals surface area contributed by atoms with E-state index in [1.54, 1.807) is 0 Å². The second kappa shape index (κ2) is 4.26. The first kappa shape index (κ1) is 10.5. The Bertz CT molecular complexity index is 491. The summed E-state index contributed by atoms with van der Waals surface area (Å²) in [5.74, 6) is 1.43. The SMILES string of the molecule is CNc1nc(C)nnc1-c1ccc(C)cc1. The Morgan fingerprint density at radius 1 is 1.00 bits per heavy atom. The molecule has 0 aliphatic rings. The van der Waals surface area contributed by atoms with Crippen molar-refractivity contribution in [1.82, 2.24) is 15.2 Å². The summed E-state index contributed by atoms with van der Waals surface area (Å²) in [5, 5.41) is 11.2. The molecule has 82 valence electrons. The van der Waals surface area contributed by atoms with Gasteiger partial charge in [-0.3, -0.25) is 0 Å². The smallest absolute Gasteiger partial charge is 0.156 e. The van der Waals surface area contributed by atoms with Crippen molar-refractivity contribution in [3.63, 3.8) is 0 Å². The quantitative estimate of drug-likeness (QED) is 0.832. The van der Waals surface area contributed by atoms with E-state index in [4.69, 9.17) is 0 Å². The number of aromatic nitrogens is 3. The molecule has 1 aromatic carbocycles. The van der Waals surface area contributed by atoms with E-state index < -0.39 is 0 Å². The van der Waals surface area contributed by atoms with Crippen LogP contribution < -0.4 is 5.32 Å². The summed E-state index contributed by atoms with van der Waals surface area (Å²) < 4.78 is 0. The van der Waals surface area contributed by atoms with E-state index in [0.29, 0.717) is 5.82 Å². The Morgan fingerprint density at radius 3 is 2.31 bits per heavy atom. The van der Waals surface area contributed by atoms with Gasteiger partial charge in [0.15, 0.2) is 5.82 Å². The second-order valence-electron chi connectivity index (χ2n) is 3.67. The van der Waals surface area contributed by atoms with Crippen LogP contribution in [0.25, 0.3) is 11.3 Å². The van der Waals surface area contributed by atoms with Gasteiger partial charge in [0.1, 0.15) is 11.5 Å². The van der Waals surface area contributed by atoms with Crippen LogP contribution in [0, 0.1) is 13.8 Å². The fraction of sp³-hybridized carbons (Fsp3) is 0.250. The molecule has 2 aromatic rings. The van der Waals surface area contributed by atoms with Crippen LogP contribution in [-0.2, 0) is 0 Å². The molecule has 0 saturated carbocycles. The highest BCUT2D eigenvalue weighted by Gasteiger charge is 2.08. The van der Waals surface area contributed by atoms with E-state index in [-0.39, 0.29) is 0 Å². The summed E-state index contributed by atoms with van der Waals surface area (Å²) in [5.41, 5.74) is 3.03. The number of anilines is 1. The largest absolute Gasteiger partial charge is 0.371 e. The van der Waals surface area contributed by atoms with Crippen LogP contribution in [0.3, 0.4) is 0 Å². The molecule has 0 spiro atoms. The summed E-state index contributed by atoms with van der Waals surface area (Å²) in [6.07, 6.45) is 0. The molecule has 0 unspecified atom stereocenters. The van der Waals surface area contributed by atoms with E-state index in [0.717, 1.165) is 17.1 Å². The molecule has 1 N–H and O–H groups in total. The van der Waals surface area contributed by atoms with Crippen LogP contribution >= 0.6 is 0 Å². The minimum Gasteiger partial charge on any atom is -0.371 e. The van der Waals surface area contributed by atoms with Crippen molar-refractivity contribution < 1.29 is 0 Å². The minimum atomic E-state index is 0.667. The maximum Gasteiger partial charge on any atom is 0.156 e. The third-order valence-electron chi connectivity index (χ3n) is 2.35. The van der Waals surface area contributed by atoms with Gasteiger partial charge in [0.2, 0.25) is 0 Å². The Morgan fingerprint density at radius 2 is 1.69 bits per heavy atom. The number of aryl methyl sites for hydroxylation is 2. The average Bonchev–Trinajstić information content (AvgIpc) is 2.30. The number of rotatable bonds is 2. The first-order valence-corrected chi connectivity index (χ1v) is 5.17. The molecule has 0 atom stereocenters. The van der Waals surface area contributed by atoms with Crippen molar-refractivity contribution in [2.75, 3.05) is 12.4 Å². The van der Waals surface area contributed by atoms with Crippen molar-refractivity contribution in [3.05, 3.63) is 35.7 Å². The van der Waals surface area contributed by atoms with Crippen LogP contribution in [0.1, 0.15) is 11.4 Å². The molecule has 0 radical (unpaired) electrons. The third-order valence-corrected chi connectivity index (χ3v) is 2.35. The first-order valence-electron chi connectivity index (χ1n) is 5.17. The molecule has 4 nitrogen and oxygen atoms in total. The molecule has 1 aromatic heterocycles. The maximum atomic E-state index is 4.31. The van der Waals surface area contributed by atoms with Gasteiger partial charge in [-0.1, -0.05) is 29.8 Å². The van der Waals surface area contributed by atoms with Crippen molar-refractivity contribution in [2.45, 2.75) is 13.8 Å². The highest BCUT2D eigenvalue weighted by atomic mass is 15.2. The van der Waals surface area contributed by atoms with Crippen LogP contribution in [0.5, 0.6) is 0 Å². The normalized spacial score (nSPS) is 10.2.